The zero-order valence-corrected chi connectivity index (χ0v) is 20.6. The first-order valence-electron chi connectivity index (χ1n) is 11.1. The Morgan fingerprint density at radius 1 is 1.17 bits per heavy atom. The maximum absolute atomic E-state index is 13.4. The van der Waals surface area contributed by atoms with Crippen molar-refractivity contribution in [3.8, 4) is 5.75 Å². The quantitative estimate of drug-likeness (QED) is 0.323. The molecule has 0 saturated carbocycles. The van der Waals surface area contributed by atoms with Gasteiger partial charge in [0.1, 0.15) is 5.75 Å². The van der Waals surface area contributed by atoms with E-state index in [-0.39, 0.29) is 31.8 Å². The number of anilines is 1. The highest BCUT2D eigenvalue weighted by atomic mass is 35.5. The van der Waals surface area contributed by atoms with Crippen LogP contribution in [0.3, 0.4) is 0 Å². The van der Waals surface area contributed by atoms with Crippen LogP contribution in [0.2, 0.25) is 5.02 Å². The minimum atomic E-state index is -0.864. The van der Waals surface area contributed by atoms with Crippen molar-refractivity contribution in [2.75, 3.05) is 25.0 Å². The SMILES string of the molecule is O=NCC(CO)CN1C(=O)NC(Nc2ccc(OC3NC=CS3)cc2)N(Cc2ccc(Cl)cc2)C1=O. The molecule has 0 aliphatic carbocycles. The summed E-state index contributed by atoms with van der Waals surface area (Å²) in [5.41, 5.74) is 1.25. The molecule has 0 spiro atoms. The molecule has 2 aromatic rings. The number of benzene rings is 2. The van der Waals surface area contributed by atoms with Gasteiger partial charge in [-0.25, -0.2) is 14.5 Å². The maximum atomic E-state index is 13.4. The van der Waals surface area contributed by atoms with Crippen molar-refractivity contribution >= 4 is 41.1 Å². The van der Waals surface area contributed by atoms with E-state index in [1.54, 1.807) is 48.5 Å². The molecule has 2 aromatic carbocycles. The van der Waals surface area contributed by atoms with Crippen LogP contribution in [0.25, 0.3) is 0 Å². The molecule has 3 atom stereocenters. The third-order valence-electron chi connectivity index (χ3n) is 5.49. The van der Waals surface area contributed by atoms with Gasteiger partial charge in [-0.05, 0) is 47.4 Å². The summed E-state index contributed by atoms with van der Waals surface area (Å²) in [5, 5.41) is 23.8. The second-order valence-corrected chi connectivity index (χ2v) is 9.49. The number of halogens is 1. The van der Waals surface area contributed by atoms with Gasteiger partial charge >= 0.3 is 12.1 Å². The molecule has 2 aliphatic rings. The number of imide groups is 1. The van der Waals surface area contributed by atoms with E-state index in [1.807, 2.05) is 11.6 Å². The third kappa shape index (κ3) is 6.39. The summed E-state index contributed by atoms with van der Waals surface area (Å²) in [6.45, 7) is -0.587. The lowest BCUT2D eigenvalue weighted by Gasteiger charge is -2.42. The number of hydrogen-bond acceptors (Lipinski definition) is 9. The van der Waals surface area contributed by atoms with Gasteiger partial charge in [-0.15, -0.1) is 0 Å². The molecule has 13 heteroatoms. The predicted molar refractivity (Wildman–Crippen MR) is 137 cm³/mol. The second-order valence-electron chi connectivity index (χ2n) is 8.08. The molecular weight excluding hydrogens is 508 g/mol. The second kappa shape index (κ2) is 12.0. The Labute approximate surface area is 216 Å². The summed E-state index contributed by atoms with van der Waals surface area (Å²) in [5.74, 6) is -0.00427. The molecule has 1 saturated heterocycles. The van der Waals surface area contributed by atoms with Gasteiger partial charge in [0, 0.05) is 36.0 Å². The van der Waals surface area contributed by atoms with E-state index in [1.165, 1.54) is 16.7 Å². The summed E-state index contributed by atoms with van der Waals surface area (Å²) < 4.78 is 5.81. The first-order valence-corrected chi connectivity index (χ1v) is 12.4. The van der Waals surface area contributed by atoms with Gasteiger partial charge in [0.25, 0.3) is 0 Å². The molecule has 0 radical (unpaired) electrons. The number of carbonyl (C=O) groups is 2. The normalized spacial score (nSPS) is 20.1. The zero-order valence-electron chi connectivity index (χ0n) is 19.0. The van der Waals surface area contributed by atoms with Crippen LogP contribution in [0.1, 0.15) is 5.56 Å². The van der Waals surface area contributed by atoms with E-state index >= 15 is 0 Å². The van der Waals surface area contributed by atoms with Crippen LogP contribution in [0.4, 0.5) is 15.3 Å². The molecule has 4 N–H and O–H groups in total. The molecule has 3 unspecified atom stereocenters. The Kier molecular flexibility index (Phi) is 8.52. The number of amides is 4. The van der Waals surface area contributed by atoms with Crippen LogP contribution in [-0.4, -0.2) is 58.5 Å². The monoisotopic (exact) mass is 532 g/mol. The lowest BCUT2D eigenvalue weighted by Crippen LogP contribution is -2.67. The van der Waals surface area contributed by atoms with Crippen LogP contribution in [0.15, 0.2) is 65.3 Å². The number of ether oxygens (including phenoxy) is 1. The van der Waals surface area contributed by atoms with E-state index in [0.717, 1.165) is 10.5 Å². The first-order chi connectivity index (χ1) is 17.5. The Hall–Kier alpha value is -3.48. The van der Waals surface area contributed by atoms with E-state index in [0.29, 0.717) is 16.5 Å². The Morgan fingerprint density at radius 2 is 1.92 bits per heavy atom. The summed E-state index contributed by atoms with van der Waals surface area (Å²) >= 11 is 7.50. The van der Waals surface area contributed by atoms with Crippen molar-refractivity contribution in [3.63, 3.8) is 0 Å². The number of thioether (sulfide) groups is 1. The van der Waals surface area contributed by atoms with E-state index < -0.39 is 24.3 Å². The minimum absolute atomic E-state index is 0.148. The highest BCUT2D eigenvalue weighted by Crippen LogP contribution is 2.24. The molecule has 2 aliphatic heterocycles. The number of nitrogens with one attached hydrogen (secondary N) is 3. The van der Waals surface area contributed by atoms with E-state index in [2.05, 4.69) is 21.1 Å². The van der Waals surface area contributed by atoms with E-state index in [9.17, 15) is 19.6 Å². The molecule has 11 nitrogen and oxygen atoms in total. The van der Waals surface area contributed by atoms with Crippen LogP contribution in [0, 0.1) is 10.8 Å². The lowest BCUT2D eigenvalue weighted by atomic mass is 10.1. The third-order valence-corrected chi connectivity index (χ3v) is 6.52. The highest BCUT2D eigenvalue weighted by molar-refractivity contribution is 8.02. The Balaban J connectivity index is 1.51. The summed E-state index contributed by atoms with van der Waals surface area (Å²) in [6.07, 6.45) is 0.946. The zero-order chi connectivity index (χ0) is 25.5. The Bertz CT molecular complexity index is 1100. The number of hydrogen-bond donors (Lipinski definition) is 4. The number of rotatable bonds is 11. The molecule has 0 bridgehead atoms. The molecule has 4 rings (SSSR count). The number of aliphatic hydroxyl groups excluding tert-OH is 1. The van der Waals surface area contributed by atoms with Crippen LogP contribution in [0.5, 0.6) is 5.75 Å². The summed E-state index contributed by atoms with van der Waals surface area (Å²) in [6, 6.07) is 12.9. The lowest BCUT2D eigenvalue weighted by molar-refractivity contribution is 0.0957. The fraction of sp³-hybridized carbons (Fsp3) is 0.304. The molecule has 4 amide bonds. The fourth-order valence-electron chi connectivity index (χ4n) is 3.62. The van der Waals surface area contributed by atoms with Gasteiger partial charge in [0.15, 0.2) is 6.29 Å². The molecule has 1 fully saturated rings. The van der Waals surface area contributed by atoms with Gasteiger partial charge in [-0.3, -0.25) is 10.2 Å². The average Bonchev–Trinajstić information content (AvgIpc) is 3.39. The van der Waals surface area contributed by atoms with Crippen LogP contribution >= 0.6 is 23.4 Å². The fourth-order valence-corrected chi connectivity index (χ4v) is 4.37. The summed E-state index contributed by atoms with van der Waals surface area (Å²) in [7, 11) is 0. The molecular formula is C23H25ClN6O5S. The maximum Gasteiger partial charge on any atom is 0.331 e. The largest absolute Gasteiger partial charge is 0.461 e. The molecule has 190 valence electrons. The van der Waals surface area contributed by atoms with Crippen molar-refractivity contribution in [3.05, 3.63) is 75.6 Å². The van der Waals surface area contributed by atoms with Crippen LogP contribution in [-0.2, 0) is 6.54 Å². The van der Waals surface area contributed by atoms with Crippen molar-refractivity contribution in [2.45, 2.75) is 18.4 Å². The number of nitroso groups, excluding NO2 is 1. The number of urea groups is 2. The summed E-state index contributed by atoms with van der Waals surface area (Å²) in [4.78, 5) is 39.3. The van der Waals surface area contributed by atoms with Crippen molar-refractivity contribution in [1.82, 2.24) is 20.4 Å². The van der Waals surface area contributed by atoms with Gasteiger partial charge in [0.2, 0.25) is 5.56 Å². The van der Waals surface area contributed by atoms with Crippen molar-refractivity contribution < 1.29 is 19.4 Å². The standard InChI is InChI=1S/C23H25ClN6O5S/c24-17-3-1-15(2-4-17)12-29-20(28-21(32)30(23(29)33)13-16(14-31)11-26-34)27-18-5-7-19(8-6-18)35-22-25-9-10-36-22/h1-10,16,20,22,25,27,31H,11-14H2,(H,28,32). The molecule has 2 heterocycles. The highest BCUT2D eigenvalue weighted by Gasteiger charge is 2.39. The van der Waals surface area contributed by atoms with Gasteiger partial charge < -0.3 is 20.5 Å². The molecule has 0 aromatic heterocycles. The van der Waals surface area contributed by atoms with Gasteiger partial charge in [-0.2, -0.15) is 4.91 Å². The van der Waals surface area contributed by atoms with Gasteiger partial charge in [-0.1, -0.05) is 40.7 Å². The van der Waals surface area contributed by atoms with Crippen molar-refractivity contribution in [2.24, 2.45) is 11.1 Å². The van der Waals surface area contributed by atoms with E-state index in [4.69, 9.17) is 16.3 Å². The van der Waals surface area contributed by atoms with Gasteiger partial charge in [0.05, 0.1) is 13.1 Å². The first kappa shape index (κ1) is 25.6. The number of nitrogens with zero attached hydrogens (tertiary/aromatic N) is 3. The Morgan fingerprint density at radius 3 is 2.56 bits per heavy atom. The predicted octanol–water partition coefficient (Wildman–Crippen LogP) is 3.53. The molecule has 36 heavy (non-hydrogen) atoms. The number of aliphatic hydroxyl groups is 1. The topological polar surface area (TPSA) is 136 Å². The van der Waals surface area contributed by atoms with Crippen LogP contribution < -0.4 is 20.7 Å². The smallest absolute Gasteiger partial charge is 0.331 e. The van der Waals surface area contributed by atoms with Crippen molar-refractivity contribution in [1.29, 1.82) is 0 Å². The average molecular weight is 533 g/mol. The minimum Gasteiger partial charge on any atom is -0.461 e. The number of carbonyl (C=O) groups excluding carboxylic acids is 2.